The van der Waals surface area contributed by atoms with Gasteiger partial charge >= 0.3 is 37.7 Å². The Balaban J connectivity index is -0.000000405. The maximum atomic E-state index is 10.1. The van der Waals surface area contributed by atoms with Gasteiger partial charge in [-0.3, -0.25) is 4.79 Å². The summed E-state index contributed by atoms with van der Waals surface area (Å²) in [6.07, 6.45) is -1.14. The predicted octanol–water partition coefficient (Wildman–Crippen LogP) is -4.37. The van der Waals surface area contributed by atoms with Crippen LogP contribution < -0.4 is 10.2 Å². The monoisotopic (exact) mass is 202 g/mol. The van der Waals surface area contributed by atoms with E-state index < -0.39 is 30.6 Å². The fourth-order valence-electron chi connectivity index (χ4n) is 0.318. The van der Waals surface area contributed by atoms with E-state index in [1.165, 1.54) is 0 Å². The molecule has 0 saturated carbocycles. The Morgan fingerprint density at radius 2 is 1.42 bits per heavy atom. The summed E-state index contributed by atoms with van der Waals surface area (Å²) in [5.74, 6) is -4.53. The van der Waals surface area contributed by atoms with Crippen LogP contribution in [0.3, 0.4) is 0 Å². The fourth-order valence-corrected chi connectivity index (χ4v) is 0.318. The summed E-state index contributed by atoms with van der Waals surface area (Å²) in [5.41, 5.74) is 0. The molecule has 0 saturated heterocycles. The standard InChI is InChI=1S/C5H6O5.Ca.H2O/c6-3(5(9)10)1-2-4(7)8;;/h1-2H2,(H,7,8)(H,9,10);;1H2/q;+2;/p-2. The molecule has 2 N–H and O–H groups in total. The van der Waals surface area contributed by atoms with Crippen molar-refractivity contribution < 1.29 is 30.1 Å². The van der Waals surface area contributed by atoms with Gasteiger partial charge in [-0.15, -0.1) is 0 Å². The van der Waals surface area contributed by atoms with Gasteiger partial charge in [-0.05, 0) is 6.42 Å². The second kappa shape index (κ2) is 8.92. The van der Waals surface area contributed by atoms with Gasteiger partial charge in [0.1, 0.15) is 5.97 Å². The van der Waals surface area contributed by atoms with E-state index in [0.29, 0.717) is 0 Å². The molecule has 0 heterocycles. The van der Waals surface area contributed by atoms with Gasteiger partial charge in [-0.25, -0.2) is 0 Å². The molecule has 7 heteroatoms. The zero-order valence-electron chi connectivity index (χ0n) is 6.16. The van der Waals surface area contributed by atoms with Crippen molar-refractivity contribution in [3.8, 4) is 0 Å². The van der Waals surface area contributed by atoms with E-state index in [9.17, 15) is 24.6 Å². The SMILES string of the molecule is O.O=C([O-])CCC(=O)C(=O)[O-].[Ca+2]. The maximum absolute atomic E-state index is 10.1. The Labute approximate surface area is 97.9 Å². The molecule has 0 aromatic carbocycles. The van der Waals surface area contributed by atoms with E-state index in [2.05, 4.69) is 0 Å². The van der Waals surface area contributed by atoms with Crippen molar-refractivity contribution in [1.82, 2.24) is 0 Å². The second-order valence-electron chi connectivity index (χ2n) is 1.58. The Bertz CT molecular complexity index is 177. The number of Topliss-reactive ketones (excluding diaryl/α,β-unsaturated/α-hetero) is 1. The molecule has 0 atom stereocenters. The van der Waals surface area contributed by atoms with Gasteiger partial charge in [0, 0.05) is 12.4 Å². The summed E-state index contributed by atoms with van der Waals surface area (Å²) in [6, 6.07) is 0. The number of carbonyl (C=O) groups is 3. The molecule has 0 aliphatic carbocycles. The van der Waals surface area contributed by atoms with Gasteiger partial charge in [0.05, 0.1) is 0 Å². The van der Waals surface area contributed by atoms with Crippen LogP contribution in [0.25, 0.3) is 0 Å². The molecule has 0 amide bonds. The summed E-state index contributed by atoms with van der Waals surface area (Å²) in [6.45, 7) is 0. The van der Waals surface area contributed by atoms with Crippen LogP contribution in [0.5, 0.6) is 0 Å². The molecular formula is C5H6CaO6. The fraction of sp³-hybridized carbons (Fsp3) is 0.400. The molecule has 0 aromatic rings. The topological polar surface area (TPSA) is 129 Å². The summed E-state index contributed by atoms with van der Waals surface area (Å²) in [7, 11) is 0. The number of carbonyl (C=O) groups excluding carboxylic acids is 3. The minimum Gasteiger partial charge on any atom is -0.550 e. The number of aliphatic carboxylic acids is 2. The van der Waals surface area contributed by atoms with Crippen molar-refractivity contribution in [3.05, 3.63) is 0 Å². The second-order valence-corrected chi connectivity index (χ2v) is 1.58. The van der Waals surface area contributed by atoms with Crippen LogP contribution in [0.15, 0.2) is 0 Å². The Morgan fingerprint density at radius 3 is 1.67 bits per heavy atom. The molecular weight excluding hydrogens is 196 g/mol. The first-order chi connectivity index (χ1) is 4.54. The van der Waals surface area contributed by atoms with Crippen LogP contribution in [0.1, 0.15) is 12.8 Å². The quantitative estimate of drug-likeness (QED) is 0.336. The molecule has 64 valence electrons. The first-order valence-electron chi connectivity index (χ1n) is 2.48. The van der Waals surface area contributed by atoms with Crippen molar-refractivity contribution in [2.45, 2.75) is 12.8 Å². The first kappa shape index (κ1) is 17.8. The zero-order valence-corrected chi connectivity index (χ0v) is 8.37. The number of hydrogen-bond donors (Lipinski definition) is 0. The Hall–Kier alpha value is -0.170. The van der Waals surface area contributed by atoms with Crippen LogP contribution in [0.2, 0.25) is 0 Å². The smallest absolute Gasteiger partial charge is 0.550 e. The predicted molar refractivity (Wildman–Crippen MR) is 33.6 cm³/mol. The van der Waals surface area contributed by atoms with E-state index in [1.54, 1.807) is 0 Å². The number of ketones is 1. The third kappa shape index (κ3) is 9.83. The third-order valence-electron chi connectivity index (χ3n) is 0.784. The molecule has 0 radical (unpaired) electrons. The van der Waals surface area contributed by atoms with Crippen molar-refractivity contribution in [3.63, 3.8) is 0 Å². The van der Waals surface area contributed by atoms with Crippen LogP contribution in [-0.4, -0.2) is 60.9 Å². The Kier molecular flexibility index (Phi) is 13.2. The average Bonchev–Trinajstić information content (AvgIpc) is 1.82. The molecule has 0 spiro atoms. The van der Waals surface area contributed by atoms with Crippen LogP contribution in [0, 0.1) is 0 Å². The van der Waals surface area contributed by atoms with Gasteiger partial charge in [0.25, 0.3) is 0 Å². The van der Waals surface area contributed by atoms with Crippen molar-refractivity contribution in [2.24, 2.45) is 0 Å². The number of hydrogen-bond acceptors (Lipinski definition) is 5. The zero-order chi connectivity index (χ0) is 8.15. The van der Waals surface area contributed by atoms with Gasteiger partial charge in [0.15, 0.2) is 5.78 Å². The van der Waals surface area contributed by atoms with E-state index in [1.807, 2.05) is 0 Å². The molecule has 6 nitrogen and oxygen atoms in total. The molecule has 0 rings (SSSR count). The van der Waals surface area contributed by atoms with E-state index in [0.717, 1.165) is 0 Å². The molecule has 0 aliphatic heterocycles. The van der Waals surface area contributed by atoms with Gasteiger partial charge in [-0.1, -0.05) is 0 Å². The molecule has 0 unspecified atom stereocenters. The third-order valence-corrected chi connectivity index (χ3v) is 0.784. The Morgan fingerprint density at radius 1 is 1.00 bits per heavy atom. The minimum atomic E-state index is -1.86. The number of rotatable bonds is 4. The summed E-state index contributed by atoms with van der Waals surface area (Å²) in [4.78, 5) is 29.4. The van der Waals surface area contributed by atoms with E-state index in [-0.39, 0.29) is 43.2 Å². The first-order valence-corrected chi connectivity index (χ1v) is 2.48. The van der Waals surface area contributed by atoms with Crippen molar-refractivity contribution in [2.75, 3.05) is 0 Å². The molecule has 0 bridgehead atoms. The largest absolute Gasteiger partial charge is 2.00 e. The molecule has 0 aliphatic rings. The van der Waals surface area contributed by atoms with Crippen LogP contribution >= 0.6 is 0 Å². The maximum Gasteiger partial charge on any atom is 2.00 e. The normalized spacial score (nSPS) is 7.33. The van der Waals surface area contributed by atoms with Gasteiger partial charge in [0.2, 0.25) is 0 Å². The van der Waals surface area contributed by atoms with Crippen LogP contribution in [0.4, 0.5) is 0 Å². The average molecular weight is 202 g/mol. The van der Waals surface area contributed by atoms with Crippen molar-refractivity contribution in [1.29, 1.82) is 0 Å². The van der Waals surface area contributed by atoms with E-state index >= 15 is 0 Å². The molecule has 12 heavy (non-hydrogen) atoms. The minimum absolute atomic E-state index is 0. The summed E-state index contributed by atoms with van der Waals surface area (Å²) in [5, 5.41) is 19.3. The van der Waals surface area contributed by atoms with Gasteiger partial charge in [-0.2, -0.15) is 0 Å². The van der Waals surface area contributed by atoms with Gasteiger partial charge < -0.3 is 25.3 Å². The van der Waals surface area contributed by atoms with Crippen LogP contribution in [-0.2, 0) is 14.4 Å². The summed E-state index contributed by atoms with van der Waals surface area (Å²) >= 11 is 0. The number of carboxylic acid groups (broad SMARTS) is 2. The van der Waals surface area contributed by atoms with E-state index in [4.69, 9.17) is 0 Å². The van der Waals surface area contributed by atoms with Crippen molar-refractivity contribution >= 4 is 55.5 Å². The number of carboxylic acids is 2. The molecule has 0 aromatic heterocycles. The molecule has 0 fully saturated rings. The summed E-state index contributed by atoms with van der Waals surface area (Å²) < 4.78 is 0.